The van der Waals surface area contributed by atoms with Gasteiger partial charge < -0.3 is 4.74 Å². The summed E-state index contributed by atoms with van der Waals surface area (Å²) in [7, 11) is 1.42. The molecule has 0 radical (unpaired) electrons. The van der Waals surface area contributed by atoms with E-state index in [0.717, 1.165) is 13.1 Å². The number of benzene rings is 1. The van der Waals surface area contributed by atoms with Crippen LogP contribution < -0.4 is 0 Å². The first-order valence-electron chi connectivity index (χ1n) is 6.44. The SMILES string of the molecule is CCN(CC(=O)OC)Cc1ccc(C(C)C)cc1. The van der Waals surface area contributed by atoms with Crippen LogP contribution >= 0.6 is 0 Å². The molecular formula is C15H23NO2. The monoisotopic (exact) mass is 249 g/mol. The fourth-order valence-corrected chi connectivity index (χ4v) is 1.79. The van der Waals surface area contributed by atoms with Gasteiger partial charge in [-0.15, -0.1) is 0 Å². The van der Waals surface area contributed by atoms with Gasteiger partial charge in [0.25, 0.3) is 0 Å². The van der Waals surface area contributed by atoms with Gasteiger partial charge >= 0.3 is 5.97 Å². The van der Waals surface area contributed by atoms with E-state index in [4.69, 9.17) is 4.74 Å². The van der Waals surface area contributed by atoms with Crippen LogP contribution in [0.2, 0.25) is 0 Å². The number of carbonyl (C=O) groups excluding carboxylic acids is 1. The van der Waals surface area contributed by atoms with Crippen molar-refractivity contribution in [1.29, 1.82) is 0 Å². The van der Waals surface area contributed by atoms with E-state index in [9.17, 15) is 4.79 Å². The van der Waals surface area contributed by atoms with Crippen LogP contribution in [0.3, 0.4) is 0 Å². The second-order valence-corrected chi connectivity index (χ2v) is 4.78. The summed E-state index contributed by atoms with van der Waals surface area (Å²) in [6.45, 7) is 8.38. The van der Waals surface area contributed by atoms with E-state index in [1.807, 2.05) is 6.92 Å². The first-order valence-corrected chi connectivity index (χ1v) is 6.44. The Bertz CT molecular complexity index is 371. The van der Waals surface area contributed by atoms with Gasteiger partial charge in [-0.05, 0) is 23.6 Å². The lowest BCUT2D eigenvalue weighted by Crippen LogP contribution is -2.29. The van der Waals surface area contributed by atoms with Crippen molar-refractivity contribution in [2.24, 2.45) is 0 Å². The number of ether oxygens (including phenoxy) is 1. The molecule has 0 aliphatic carbocycles. The normalized spacial score (nSPS) is 11.0. The molecule has 18 heavy (non-hydrogen) atoms. The lowest BCUT2D eigenvalue weighted by molar-refractivity contribution is -0.142. The van der Waals surface area contributed by atoms with Crippen molar-refractivity contribution in [2.75, 3.05) is 20.2 Å². The molecule has 0 saturated heterocycles. The molecule has 100 valence electrons. The Balaban J connectivity index is 2.61. The Labute approximate surface area is 110 Å². The predicted octanol–water partition coefficient (Wildman–Crippen LogP) is 2.80. The zero-order chi connectivity index (χ0) is 13.5. The van der Waals surface area contributed by atoms with Crippen molar-refractivity contribution < 1.29 is 9.53 Å². The Morgan fingerprint density at radius 2 is 1.89 bits per heavy atom. The van der Waals surface area contributed by atoms with Gasteiger partial charge in [-0.1, -0.05) is 45.0 Å². The van der Waals surface area contributed by atoms with Gasteiger partial charge in [0.15, 0.2) is 0 Å². The third-order valence-corrected chi connectivity index (χ3v) is 3.08. The molecule has 0 amide bonds. The smallest absolute Gasteiger partial charge is 0.319 e. The number of methoxy groups -OCH3 is 1. The zero-order valence-electron chi connectivity index (χ0n) is 11.8. The predicted molar refractivity (Wildman–Crippen MR) is 73.5 cm³/mol. The van der Waals surface area contributed by atoms with E-state index in [2.05, 4.69) is 43.0 Å². The van der Waals surface area contributed by atoms with Crippen molar-refractivity contribution in [3.63, 3.8) is 0 Å². The largest absolute Gasteiger partial charge is 0.468 e. The summed E-state index contributed by atoms with van der Waals surface area (Å²) >= 11 is 0. The van der Waals surface area contributed by atoms with Crippen LogP contribution in [-0.4, -0.2) is 31.1 Å². The zero-order valence-corrected chi connectivity index (χ0v) is 11.8. The molecule has 1 aromatic rings. The third-order valence-electron chi connectivity index (χ3n) is 3.08. The number of hydrogen-bond acceptors (Lipinski definition) is 3. The highest BCUT2D eigenvalue weighted by molar-refractivity contribution is 5.71. The minimum atomic E-state index is -0.185. The number of nitrogens with zero attached hydrogens (tertiary/aromatic N) is 1. The molecule has 0 saturated carbocycles. The fourth-order valence-electron chi connectivity index (χ4n) is 1.79. The third kappa shape index (κ3) is 4.49. The lowest BCUT2D eigenvalue weighted by atomic mass is 10.0. The summed E-state index contributed by atoms with van der Waals surface area (Å²) in [5.41, 5.74) is 2.57. The topological polar surface area (TPSA) is 29.5 Å². The summed E-state index contributed by atoms with van der Waals surface area (Å²) in [5.74, 6) is 0.368. The molecule has 3 nitrogen and oxygen atoms in total. The molecule has 0 fully saturated rings. The molecule has 0 atom stereocenters. The Morgan fingerprint density at radius 3 is 2.33 bits per heavy atom. The maximum Gasteiger partial charge on any atom is 0.319 e. The van der Waals surface area contributed by atoms with Crippen LogP contribution in [0.4, 0.5) is 0 Å². The highest BCUT2D eigenvalue weighted by atomic mass is 16.5. The second-order valence-electron chi connectivity index (χ2n) is 4.78. The average Bonchev–Trinajstić information content (AvgIpc) is 2.38. The lowest BCUT2D eigenvalue weighted by Gasteiger charge is -2.19. The maximum absolute atomic E-state index is 11.3. The van der Waals surface area contributed by atoms with Crippen LogP contribution in [0, 0.1) is 0 Å². The van der Waals surface area contributed by atoms with Crippen LogP contribution in [0.5, 0.6) is 0 Å². The van der Waals surface area contributed by atoms with Crippen molar-refractivity contribution in [3.05, 3.63) is 35.4 Å². The van der Waals surface area contributed by atoms with E-state index < -0.39 is 0 Å². The molecule has 1 aromatic carbocycles. The van der Waals surface area contributed by atoms with Gasteiger partial charge in [-0.3, -0.25) is 9.69 Å². The molecule has 0 spiro atoms. The van der Waals surface area contributed by atoms with E-state index >= 15 is 0 Å². The molecule has 0 aliphatic rings. The van der Waals surface area contributed by atoms with E-state index in [1.54, 1.807) is 0 Å². The molecular weight excluding hydrogens is 226 g/mol. The first-order chi connectivity index (χ1) is 8.56. The first kappa shape index (κ1) is 14.7. The van der Waals surface area contributed by atoms with Crippen molar-refractivity contribution in [3.8, 4) is 0 Å². The summed E-state index contributed by atoms with van der Waals surface area (Å²) in [5, 5.41) is 0. The number of esters is 1. The number of likely N-dealkylation sites (N-methyl/N-ethyl adjacent to an activating group) is 1. The second kappa shape index (κ2) is 7.17. The fraction of sp³-hybridized carbons (Fsp3) is 0.533. The van der Waals surface area contributed by atoms with Gasteiger partial charge in [0.1, 0.15) is 0 Å². The highest BCUT2D eigenvalue weighted by Gasteiger charge is 2.09. The van der Waals surface area contributed by atoms with Gasteiger partial charge in [0.2, 0.25) is 0 Å². The molecule has 0 heterocycles. The minimum absolute atomic E-state index is 0.185. The Kier molecular flexibility index (Phi) is 5.86. The minimum Gasteiger partial charge on any atom is -0.468 e. The standard InChI is InChI=1S/C15H23NO2/c1-5-16(11-15(17)18-4)10-13-6-8-14(9-7-13)12(2)3/h6-9,12H,5,10-11H2,1-4H3. The van der Waals surface area contributed by atoms with Crippen LogP contribution in [0.25, 0.3) is 0 Å². The van der Waals surface area contributed by atoms with Gasteiger partial charge in [-0.2, -0.15) is 0 Å². The maximum atomic E-state index is 11.3. The van der Waals surface area contributed by atoms with Crippen LogP contribution in [-0.2, 0) is 16.1 Å². The Morgan fingerprint density at radius 1 is 1.28 bits per heavy atom. The molecule has 0 bridgehead atoms. The molecule has 0 N–H and O–H groups in total. The number of carbonyl (C=O) groups is 1. The number of rotatable bonds is 6. The van der Waals surface area contributed by atoms with Gasteiger partial charge in [-0.25, -0.2) is 0 Å². The quantitative estimate of drug-likeness (QED) is 0.726. The molecule has 0 unspecified atom stereocenters. The summed E-state index contributed by atoms with van der Waals surface area (Å²) < 4.78 is 4.69. The van der Waals surface area contributed by atoms with Crippen molar-refractivity contribution in [1.82, 2.24) is 4.90 Å². The summed E-state index contributed by atoms with van der Waals surface area (Å²) in [6, 6.07) is 8.59. The van der Waals surface area contributed by atoms with Crippen LogP contribution in [0.1, 0.15) is 37.8 Å². The summed E-state index contributed by atoms with van der Waals surface area (Å²) in [4.78, 5) is 13.3. The molecule has 1 rings (SSSR count). The molecule has 3 heteroatoms. The Hall–Kier alpha value is -1.35. The van der Waals surface area contributed by atoms with Crippen LogP contribution in [0.15, 0.2) is 24.3 Å². The number of hydrogen-bond donors (Lipinski definition) is 0. The van der Waals surface area contributed by atoms with Gasteiger partial charge in [0.05, 0.1) is 13.7 Å². The molecule has 0 aromatic heterocycles. The summed E-state index contributed by atoms with van der Waals surface area (Å²) in [6.07, 6.45) is 0. The van der Waals surface area contributed by atoms with Crippen molar-refractivity contribution in [2.45, 2.75) is 33.2 Å². The van der Waals surface area contributed by atoms with E-state index in [0.29, 0.717) is 12.5 Å². The van der Waals surface area contributed by atoms with E-state index in [1.165, 1.54) is 18.2 Å². The van der Waals surface area contributed by atoms with Crippen molar-refractivity contribution >= 4 is 5.97 Å². The van der Waals surface area contributed by atoms with E-state index in [-0.39, 0.29) is 5.97 Å². The average molecular weight is 249 g/mol. The highest BCUT2D eigenvalue weighted by Crippen LogP contribution is 2.15. The van der Waals surface area contributed by atoms with Gasteiger partial charge in [0, 0.05) is 6.54 Å². The molecule has 0 aliphatic heterocycles.